The standard InChI is InChI=1S/C15H26N2O7S3/c18-13(4-2-1-3-11-7-9-25-26-11)17-12(5-6-14(19)20)15(21)16-8-10-27(22,23)24/h11-12H,1-10H2,(H,16,21)(H,17,18)(H,19,20)(H,22,23,24)/t11-,12-/m0/s1. The second kappa shape index (κ2) is 12.5. The van der Waals surface area contributed by atoms with Gasteiger partial charge in [0.1, 0.15) is 6.04 Å². The van der Waals surface area contributed by atoms with Crippen LogP contribution < -0.4 is 10.6 Å². The van der Waals surface area contributed by atoms with Gasteiger partial charge in [-0.2, -0.15) is 8.42 Å². The molecule has 4 N–H and O–H groups in total. The van der Waals surface area contributed by atoms with Gasteiger partial charge in [-0.25, -0.2) is 0 Å². The summed E-state index contributed by atoms with van der Waals surface area (Å²) in [7, 11) is -0.469. The van der Waals surface area contributed by atoms with E-state index in [0.717, 1.165) is 18.6 Å². The first-order valence-electron chi connectivity index (χ1n) is 8.69. The highest BCUT2D eigenvalue weighted by atomic mass is 33.1. The molecule has 1 aliphatic heterocycles. The zero-order valence-corrected chi connectivity index (χ0v) is 17.3. The number of hydrogen-bond acceptors (Lipinski definition) is 7. The molecule has 2 atom stereocenters. The minimum atomic E-state index is -4.22. The predicted molar refractivity (Wildman–Crippen MR) is 105 cm³/mol. The fourth-order valence-corrected chi connectivity index (χ4v) is 5.84. The summed E-state index contributed by atoms with van der Waals surface area (Å²) in [5.74, 6) is -1.62. The third-order valence-electron chi connectivity index (χ3n) is 3.87. The molecule has 0 spiro atoms. The zero-order chi connectivity index (χ0) is 20.3. The summed E-state index contributed by atoms with van der Waals surface area (Å²) in [6.07, 6.45) is 3.65. The minimum Gasteiger partial charge on any atom is -0.481 e. The molecule has 0 unspecified atom stereocenters. The van der Waals surface area contributed by atoms with Crippen LogP contribution in [-0.2, 0) is 24.5 Å². The van der Waals surface area contributed by atoms with Gasteiger partial charge in [-0.05, 0) is 25.7 Å². The molecular weight excluding hydrogens is 416 g/mol. The Bertz CT molecular complexity index is 607. The number of unbranched alkanes of at least 4 members (excludes halogenated alkanes) is 1. The summed E-state index contributed by atoms with van der Waals surface area (Å²) >= 11 is 0. The van der Waals surface area contributed by atoms with Gasteiger partial charge in [-0.3, -0.25) is 18.9 Å². The summed E-state index contributed by atoms with van der Waals surface area (Å²) in [5, 5.41) is 14.2. The Labute approximate surface area is 166 Å². The number of carboxylic acid groups (broad SMARTS) is 1. The van der Waals surface area contributed by atoms with Crippen molar-refractivity contribution < 1.29 is 32.5 Å². The summed E-state index contributed by atoms with van der Waals surface area (Å²) < 4.78 is 30.0. The summed E-state index contributed by atoms with van der Waals surface area (Å²) in [5.41, 5.74) is 0. The highest BCUT2D eigenvalue weighted by Crippen LogP contribution is 2.39. The lowest BCUT2D eigenvalue weighted by Gasteiger charge is -2.18. The van der Waals surface area contributed by atoms with Gasteiger partial charge >= 0.3 is 5.97 Å². The molecule has 0 radical (unpaired) electrons. The van der Waals surface area contributed by atoms with Crippen LogP contribution in [0, 0.1) is 0 Å². The van der Waals surface area contributed by atoms with Gasteiger partial charge in [0.25, 0.3) is 10.1 Å². The van der Waals surface area contributed by atoms with Crippen molar-refractivity contribution in [1.82, 2.24) is 10.6 Å². The maximum absolute atomic E-state index is 12.1. The Morgan fingerprint density at radius 2 is 1.93 bits per heavy atom. The van der Waals surface area contributed by atoms with Crippen LogP contribution in [0.25, 0.3) is 0 Å². The van der Waals surface area contributed by atoms with Crippen LogP contribution in [0.5, 0.6) is 0 Å². The van der Waals surface area contributed by atoms with E-state index < -0.39 is 33.8 Å². The number of carbonyl (C=O) groups is 3. The van der Waals surface area contributed by atoms with E-state index >= 15 is 0 Å². The first kappa shape index (κ1) is 24.1. The Morgan fingerprint density at radius 3 is 2.52 bits per heavy atom. The molecule has 0 aromatic carbocycles. The Balaban J connectivity index is 2.38. The molecular formula is C15H26N2O7S3. The molecule has 27 heavy (non-hydrogen) atoms. The van der Waals surface area contributed by atoms with Crippen LogP contribution in [0.2, 0.25) is 0 Å². The quantitative estimate of drug-likeness (QED) is 0.186. The number of carbonyl (C=O) groups excluding carboxylic acids is 2. The normalized spacial score (nSPS) is 18.0. The summed E-state index contributed by atoms with van der Waals surface area (Å²) in [6.45, 7) is -0.325. The van der Waals surface area contributed by atoms with E-state index in [0.29, 0.717) is 11.7 Å². The van der Waals surface area contributed by atoms with Crippen molar-refractivity contribution in [3.05, 3.63) is 0 Å². The molecule has 0 aromatic heterocycles. The third kappa shape index (κ3) is 12.2. The molecule has 1 fully saturated rings. The van der Waals surface area contributed by atoms with Crippen molar-refractivity contribution in [3.63, 3.8) is 0 Å². The molecule has 12 heteroatoms. The van der Waals surface area contributed by atoms with Crippen LogP contribution in [-0.4, -0.2) is 65.2 Å². The van der Waals surface area contributed by atoms with Gasteiger partial charge in [-0.15, -0.1) is 0 Å². The van der Waals surface area contributed by atoms with Crippen molar-refractivity contribution >= 4 is 49.5 Å². The van der Waals surface area contributed by atoms with Gasteiger partial charge in [0.2, 0.25) is 11.8 Å². The van der Waals surface area contributed by atoms with Gasteiger partial charge < -0.3 is 15.7 Å². The zero-order valence-electron chi connectivity index (χ0n) is 14.9. The molecule has 1 rings (SSSR count). The Hall–Kier alpha value is -0.980. The molecule has 0 bridgehead atoms. The van der Waals surface area contributed by atoms with Crippen LogP contribution in [0.15, 0.2) is 0 Å². The van der Waals surface area contributed by atoms with E-state index in [2.05, 4.69) is 10.6 Å². The van der Waals surface area contributed by atoms with Crippen LogP contribution in [0.3, 0.4) is 0 Å². The number of aliphatic carboxylic acids is 1. The van der Waals surface area contributed by atoms with E-state index in [-0.39, 0.29) is 31.7 Å². The van der Waals surface area contributed by atoms with E-state index in [9.17, 15) is 22.8 Å². The van der Waals surface area contributed by atoms with Crippen molar-refractivity contribution in [1.29, 1.82) is 0 Å². The van der Waals surface area contributed by atoms with Crippen molar-refractivity contribution in [2.45, 2.75) is 56.2 Å². The highest BCUT2D eigenvalue weighted by molar-refractivity contribution is 8.77. The smallest absolute Gasteiger partial charge is 0.303 e. The minimum absolute atomic E-state index is 0.102. The van der Waals surface area contributed by atoms with Crippen molar-refractivity contribution in [2.24, 2.45) is 0 Å². The second-order valence-corrected chi connectivity index (χ2v) is 10.6. The molecule has 0 aromatic rings. The maximum atomic E-state index is 12.1. The van der Waals surface area contributed by atoms with E-state index in [1.807, 2.05) is 21.6 Å². The maximum Gasteiger partial charge on any atom is 0.303 e. The van der Waals surface area contributed by atoms with E-state index in [1.54, 1.807) is 0 Å². The third-order valence-corrected chi connectivity index (χ3v) is 7.59. The lowest BCUT2D eigenvalue weighted by Crippen LogP contribution is -2.47. The molecule has 0 aliphatic carbocycles. The lowest BCUT2D eigenvalue weighted by molar-refractivity contribution is -0.138. The van der Waals surface area contributed by atoms with Crippen LogP contribution >= 0.6 is 21.6 Å². The topological polar surface area (TPSA) is 150 Å². The first-order valence-corrected chi connectivity index (χ1v) is 12.7. The molecule has 156 valence electrons. The van der Waals surface area contributed by atoms with Crippen molar-refractivity contribution in [2.75, 3.05) is 18.1 Å². The average molecular weight is 443 g/mol. The van der Waals surface area contributed by atoms with Crippen LogP contribution in [0.4, 0.5) is 0 Å². The highest BCUT2D eigenvalue weighted by Gasteiger charge is 2.22. The number of amides is 2. The molecule has 1 aliphatic rings. The van der Waals surface area contributed by atoms with Gasteiger partial charge in [0.05, 0.1) is 5.75 Å². The first-order chi connectivity index (χ1) is 12.7. The van der Waals surface area contributed by atoms with Gasteiger partial charge in [0.15, 0.2) is 0 Å². The molecule has 1 saturated heterocycles. The summed E-state index contributed by atoms with van der Waals surface area (Å²) in [6, 6.07) is -1.06. The molecule has 2 amide bonds. The van der Waals surface area contributed by atoms with Gasteiger partial charge in [-0.1, -0.05) is 28.0 Å². The van der Waals surface area contributed by atoms with Crippen molar-refractivity contribution in [3.8, 4) is 0 Å². The van der Waals surface area contributed by atoms with E-state index in [4.69, 9.17) is 9.66 Å². The average Bonchev–Trinajstić information content (AvgIpc) is 3.07. The number of hydrogen-bond donors (Lipinski definition) is 4. The van der Waals surface area contributed by atoms with Crippen LogP contribution in [0.1, 0.15) is 44.9 Å². The number of nitrogens with one attached hydrogen (secondary N) is 2. The Morgan fingerprint density at radius 1 is 1.19 bits per heavy atom. The fraction of sp³-hybridized carbons (Fsp3) is 0.800. The fourth-order valence-electron chi connectivity index (χ4n) is 2.45. The van der Waals surface area contributed by atoms with E-state index in [1.165, 1.54) is 6.42 Å². The largest absolute Gasteiger partial charge is 0.481 e. The predicted octanol–water partition coefficient (Wildman–Crippen LogP) is 1.05. The molecule has 1 heterocycles. The van der Waals surface area contributed by atoms with Gasteiger partial charge in [0, 0.05) is 30.4 Å². The number of rotatable bonds is 13. The SMILES string of the molecule is O=C(O)CC[C@H](NC(=O)CCCC[C@H]1CCSS1)C(=O)NCCS(=O)(=O)O. The second-order valence-electron chi connectivity index (χ2n) is 6.20. The lowest BCUT2D eigenvalue weighted by atomic mass is 10.1. The monoisotopic (exact) mass is 442 g/mol. The Kier molecular flexibility index (Phi) is 11.1. The molecule has 9 nitrogen and oxygen atoms in total. The summed E-state index contributed by atoms with van der Waals surface area (Å²) in [4.78, 5) is 34.9. The number of carboxylic acids is 1. The molecule has 0 saturated carbocycles.